The van der Waals surface area contributed by atoms with Crippen molar-refractivity contribution in [3.63, 3.8) is 0 Å². The lowest BCUT2D eigenvalue weighted by Gasteiger charge is -2.08. The molecular weight excluding hydrogens is 355 g/mol. The highest BCUT2D eigenvalue weighted by Crippen LogP contribution is 2.23. The Morgan fingerprint density at radius 3 is 2.30 bits per heavy atom. The van der Waals surface area contributed by atoms with Gasteiger partial charge in [0.15, 0.2) is 17.5 Å². The molecule has 0 unspecified atom stereocenters. The average molecular weight is 362 g/mol. The van der Waals surface area contributed by atoms with Gasteiger partial charge in [-0.05, 0) is 34.1 Å². The summed E-state index contributed by atoms with van der Waals surface area (Å²) in [6.45, 7) is 0. The first-order valence-corrected chi connectivity index (χ1v) is 6.57. The molecule has 0 bridgehead atoms. The Labute approximate surface area is 126 Å². The first kappa shape index (κ1) is 14.9. The van der Waals surface area contributed by atoms with Crippen molar-refractivity contribution in [2.75, 3.05) is 5.32 Å². The molecule has 0 aliphatic rings. The summed E-state index contributed by atoms with van der Waals surface area (Å²) >= 11 is 7.28. The van der Waals surface area contributed by atoms with Crippen molar-refractivity contribution in [3.8, 4) is 0 Å². The summed E-state index contributed by atoms with van der Waals surface area (Å²) in [4.78, 5) is 12.5. The van der Waals surface area contributed by atoms with Crippen LogP contribution >= 0.6 is 28.6 Å². The second-order valence-corrected chi connectivity index (χ2v) is 5.24. The van der Waals surface area contributed by atoms with Crippen molar-refractivity contribution in [1.29, 1.82) is 0 Å². The first-order chi connectivity index (χ1) is 9.38. The second kappa shape index (κ2) is 5.88. The summed E-state index contributed by atoms with van der Waals surface area (Å²) in [6, 6.07) is 6.17. The fraction of sp³-hybridized carbons (Fsp3) is 0. The van der Waals surface area contributed by atoms with Crippen LogP contribution in [0.15, 0.2) is 39.7 Å². The summed E-state index contributed by atoms with van der Waals surface area (Å²) in [5.41, 5.74) is 0.0607. The van der Waals surface area contributed by atoms with Crippen LogP contribution in [0, 0.1) is 17.5 Å². The molecule has 2 aromatic carbocycles. The minimum atomic E-state index is -1.58. The molecule has 2 rings (SSSR count). The Hall–Kier alpha value is -1.47. The van der Waals surface area contributed by atoms with Gasteiger partial charge in [-0.15, -0.1) is 12.6 Å². The molecule has 0 fully saturated rings. The predicted molar refractivity (Wildman–Crippen MR) is 75.7 cm³/mol. The van der Waals surface area contributed by atoms with Crippen molar-refractivity contribution < 1.29 is 18.0 Å². The van der Waals surface area contributed by atoms with Crippen LogP contribution < -0.4 is 5.32 Å². The topological polar surface area (TPSA) is 29.1 Å². The minimum Gasteiger partial charge on any atom is -0.322 e. The number of thiol groups is 1. The predicted octanol–water partition coefficient (Wildman–Crippen LogP) is 4.41. The molecule has 2 aromatic rings. The Morgan fingerprint density at radius 2 is 1.70 bits per heavy atom. The number of rotatable bonds is 2. The van der Waals surface area contributed by atoms with E-state index in [9.17, 15) is 18.0 Å². The number of hydrogen-bond donors (Lipinski definition) is 2. The van der Waals surface area contributed by atoms with Gasteiger partial charge in [-0.2, -0.15) is 0 Å². The summed E-state index contributed by atoms with van der Waals surface area (Å²) in [5, 5.41) is 2.29. The number of amides is 1. The van der Waals surface area contributed by atoms with Crippen LogP contribution in [-0.2, 0) is 0 Å². The second-order valence-electron chi connectivity index (χ2n) is 3.87. The number of carbonyl (C=O) groups excluding carboxylic acids is 1. The van der Waals surface area contributed by atoms with E-state index >= 15 is 0 Å². The van der Waals surface area contributed by atoms with Crippen LogP contribution in [0.3, 0.4) is 0 Å². The normalized spacial score (nSPS) is 10.4. The molecule has 104 valence electrons. The van der Waals surface area contributed by atoms with Gasteiger partial charge in [-0.3, -0.25) is 4.79 Å². The van der Waals surface area contributed by atoms with Gasteiger partial charge in [0.25, 0.3) is 5.91 Å². The zero-order valence-corrected chi connectivity index (χ0v) is 12.2. The highest BCUT2D eigenvalue weighted by Gasteiger charge is 2.14. The third-order valence-corrected chi connectivity index (χ3v) is 3.41. The molecule has 1 N–H and O–H groups in total. The van der Waals surface area contributed by atoms with Crippen LogP contribution in [0.25, 0.3) is 0 Å². The Balaban J connectivity index is 2.30. The van der Waals surface area contributed by atoms with Crippen molar-refractivity contribution in [3.05, 3.63) is 57.8 Å². The highest BCUT2D eigenvalue weighted by atomic mass is 79.9. The molecule has 0 radical (unpaired) electrons. The third-order valence-electron chi connectivity index (χ3n) is 2.44. The summed E-state index contributed by atoms with van der Waals surface area (Å²) in [5.74, 6) is -4.93. The fourth-order valence-corrected chi connectivity index (χ4v) is 2.14. The Morgan fingerprint density at radius 1 is 1.10 bits per heavy atom. The lowest BCUT2D eigenvalue weighted by atomic mass is 10.2. The van der Waals surface area contributed by atoms with Gasteiger partial charge in [0.1, 0.15) is 0 Å². The third kappa shape index (κ3) is 3.16. The van der Waals surface area contributed by atoms with E-state index in [1.165, 1.54) is 6.07 Å². The number of carbonyl (C=O) groups is 1. The number of halogens is 4. The van der Waals surface area contributed by atoms with Gasteiger partial charge >= 0.3 is 0 Å². The quantitative estimate of drug-likeness (QED) is 0.602. The van der Waals surface area contributed by atoms with Crippen LogP contribution in [0.2, 0.25) is 0 Å². The van der Waals surface area contributed by atoms with E-state index in [2.05, 4.69) is 33.9 Å². The summed E-state index contributed by atoms with van der Waals surface area (Å²) in [6.07, 6.45) is 0. The number of anilines is 1. The van der Waals surface area contributed by atoms with E-state index in [-0.39, 0.29) is 11.3 Å². The van der Waals surface area contributed by atoms with Gasteiger partial charge in [0.2, 0.25) is 0 Å². The molecule has 0 spiro atoms. The Kier molecular flexibility index (Phi) is 4.39. The number of benzene rings is 2. The van der Waals surface area contributed by atoms with Crippen LogP contribution in [0.5, 0.6) is 0 Å². The lowest BCUT2D eigenvalue weighted by Crippen LogP contribution is -2.13. The molecule has 0 aromatic heterocycles. The maximum atomic E-state index is 13.0. The molecule has 0 saturated carbocycles. The molecule has 0 aliphatic carbocycles. The van der Waals surface area contributed by atoms with E-state index in [4.69, 9.17) is 0 Å². The molecule has 0 saturated heterocycles. The summed E-state index contributed by atoms with van der Waals surface area (Å²) < 4.78 is 39.4. The van der Waals surface area contributed by atoms with Crippen LogP contribution in [0.1, 0.15) is 10.4 Å². The van der Waals surface area contributed by atoms with Crippen molar-refractivity contribution >= 4 is 40.2 Å². The molecule has 20 heavy (non-hydrogen) atoms. The average Bonchev–Trinajstić information content (AvgIpc) is 2.38. The molecule has 0 aliphatic heterocycles. The van der Waals surface area contributed by atoms with Gasteiger partial charge in [-0.1, -0.05) is 0 Å². The number of nitrogens with one attached hydrogen (secondary N) is 1. The first-order valence-electron chi connectivity index (χ1n) is 5.33. The molecule has 0 heterocycles. The highest BCUT2D eigenvalue weighted by molar-refractivity contribution is 9.10. The fourth-order valence-electron chi connectivity index (χ4n) is 1.51. The molecular formula is C13H7BrF3NOS. The lowest BCUT2D eigenvalue weighted by molar-refractivity contribution is 0.102. The maximum absolute atomic E-state index is 13.0. The maximum Gasteiger partial charge on any atom is 0.256 e. The molecule has 0 atom stereocenters. The smallest absolute Gasteiger partial charge is 0.256 e. The van der Waals surface area contributed by atoms with Crippen molar-refractivity contribution in [2.45, 2.75) is 4.90 Å². The zero-order chi connectivity index (χ0) is 14.9. The van der Waals surface area contributed by atoms with E-state index in [1.54, 1.807) is 12.1 Å². The summed E-state index contributed by atoms with van der Waals surface area (Å²) in [7, 11) is 0. The molecule has 1 amide bonds. The van der Waals surface area contributed by atoms with Crippen LogP contribution in [-0.4, -0.2) is 5.91 Å². The minimum absolute atomic E-state index is 0.178. The van der Waals surface area contributed by atoms with E-state index in [1.807, 2.05) is 0 Å². The molecule has 7 heteroatoms. The van der Waals surface area contributed by atoms with Gasteiger partial charge < -0.3 is 5.32 Å². The van der Waals surface area contributed by atoms with Gasteiger partial charge in [-0.25, -0.2) is 13.2 Å². The van der Waals surface area contributed by atoms with E-state index < -0.39 is 23.4 Å². The van der Waals surface area contributed by atoms with Crippen LogP contribution in [0.4, 0.5) is 18.9 Å². The SMILES string of the molecule is O=C(Nc1cc(F)c(F)c(F)c1)c1cc(S)ccc1Br. The van der Waals surface area contributed by atoms with E-state index in [0.717, 1.165) is 0 Å². The van der Waals surface area contributed by atoms with Crippen molar-refractivity contribution in [2.24, 2.45) is 0 Å². The standard InChI is InChI=1S/C13H7BrF3NOS/c14-9-2-1-7(20)5-8(9)13(19)18-6-3-10(15)12(17)11(16)4-6/h1-5,20H,(H,18,19). The Bertz CT molecular complexity index is 670. The largest absolute Gasteiger partial charge is 0.322 e. The monoisotopic (exact) mass is 361 g/mol. The zero-order valence-electron chi connectivity index (χ0n) is 9.75. The molecule has 2 nitrogen and oxygen atoms in total. The van der Waals surface area contributed by atoms with Crippen molar-refractivity contribution in [1.82, 2.24) is 0 Å². The van der Waals surface area contributed by atoms with E-state index in [0.29, 0.717) is 21.5 Å². The van der Waals surface area contributed by atoms with Gasteiger partial charge in [0.05, 0.1) is 5.56 Å². The number of hydrogen-bond acceptors (Lipinski definition) is 2. The van der Waals surface area contributed by atoms with Gasteiger partial charge in [0, 0.05) is 27.2 Å².